The molecule has 0 heterocycles. The summed E-state index contributed by atoms with van der Waals surface area (Å²) in [5, 5.41) is 1.03. The highest BCUT2D eigenvalue weighted by Gasteiger charge is 1.96. The van der Waals surface area contributed by atoms with E-state index in [4.69, 9.17) is 28.9 Å². The van der Waals surface area contributed by atoms with Gasteiger partial charge in [-0.05, 0) is 36.4 Å². The Hall–Kier alpha value is -1.62. The van der Waals surface area contributed by atoms with Gasteiger partial charge in [-0.3, -0.25) is 0 Å². The van der Waals surface area contributed by atoms with E-state index >= 15 is 0 Å². The van der Waals surface area contributed by atoms with Crippen molar-refractivity contribution in [2.24, 2.45) is 0 Å². The summed E-state index contributed by atoms with van der Waals surface area (Å²) in [7, 11) is 0. The van der Waals surface area contributed by atoms with Crippen molar-refractivity contribution in [1.82, 2.24) is 0 Å². The Morgan fingerprint density at radius 2 is 1.53 bits per heavy atom. The summed E-state index contributed by atoms with van der Waals surface area (Å²) in [6.07, 6.45) is 0. The molecule has 0 amide bonds. The molecule has 0 aliphatic rings. The molecule has 2 N–H and O–H groups in total. The molecule has 0 saturated heterocycles. The molecule has 0 saturated carbocycles. The van der Waals surface area contributed by atoms with E-state index in [0.717, 1.165) is 11.1 Å². The first-order chi connectivity index (χ1) is 8.15. The van der Waals surface area contributed by atoms with Crippen LogP contribution in [0.2, 0.25) is 10.0 Å². The maximum Gasteiger partial charge on any atom is 0.0604 e. The van der Waals surface area contributed by atoms with Crippen LogP contribution in [0.3, 0.4) is 0 Å². The van der Waals surface area contributed by atoms with Gasteiger partial charge in [-0.2, -0.15) is 0 Å². The van der Waals surface area contributed by atoms with E-state index in [1.54, 1.807) is 12.1 Å². The lowest BCUT2D eigenvalue weighted by molar-refractivity contribution is 1.61. The zero-order valence-electron chi connectivity index (χ0n) is 8.87. The van der Waals surface area contributed by atoms with Crippen molar-refractivity contribution in [2.45, 2.75) is 0 Å². The van der Waals surface area contributed by atoms with E-state index in [1.807, 2.05) is 30.3 Å². The smallest absolute Gasteiger partial charge is 0.0604 e. The quantitative estimate of drug-likeness (QED) is 0.564. The van der Waals surface area contributed by atoms with Crippen LogP contribution >= 0.6 is 23.2 Å². The molecule has 0 unspecified atom stereocenters. The SMILES string of the molecule is Nc1cccc(C#Cc2ccc(Cl)c(Cl)c2)c1. The van der Waals surface area contributed by atoms with E-state index in [0.29, 0.717) is 15.7 Å². The zero-order chi connectivity index (χ0) is 12.3. The van der Waals surface area contributed by atoms with Crippen LogP contribution in [-0.4, -0.2) is 0 Å². The molecule has 0 spiro atoms. The topological polar surface area (TPSA) is 26.0 Å². The van der Waals surface area contributed by atoms with Crippen LogP contribution in [0.5, 0.6) is 0 Å². The van der Waals surface area contributed by atoms with E-state index in [2.05, 4.69) is 11.8 Å². The Kier molecular flexibility index (Phi) is 3.58. The molecule has 3 heteroatoms. The highest BCUT2D eigenvalue weighted by Crippen LogP contribution is 2.22. The lowest BCUT2D eigenvalue weighted by atomic mass is 10.1. The Morgan fingerprint density at radius 1 is 0.824 bits per heavy atom. The molecular weight excluding hydrogens is 253 g/mol. The van der Waals surface area contributed by atoms with Crippen molar-refractivity contribution in [3.63, 3.8) is 0 Å². The van der Waals surface area contributed by atoms with Crippen LogP contribution in [0.4, 0.5) is 5.69 Å². The second-order valence-corrected chi connectivity index (χ2v) is 4.32. The molecule has 1 nitrogen and oxygen atoms in total. The third-order valence-electron chi connectivity index (χ3n) is 2.16. The van der Waals surface area contributed by atoms with Crippen molar-refractivity contribution in [1.29, 1.82) is 0 Å². The molecule has 0 bridgehead atoms. The number of hydrogen-bond donors (Lipinski definition) is 1. The summed E-state index contributed by atoms with van der Waals surface area (Å²) >= 11 is 11.7. The van der Waals surface area contributed by atoms with Gasteiger partial charge in [0.25, 0.3) is 0 Å². The first-order valence-corrected chi connectivity index (χ1v) is 5.73. The lowest BCUT2D eigenvalue weighted by Crippen LogP contribution is -1.84. The van der Waals surface area contributed by atoms with Gasteiger partial charge in [-0.15, -0.1) is 0 Å². The van der Waals surface area contributed by atoms with Crippen LogP contribution in [0.25, 0.3) is 0 Å². The average Bonchev–Trinajstić information content (AvgIpc) is 2.31. The van der Waals surface area contributed by atoms with E-state index in [1.165, 1.54) is 0 Å². The first kappa shape index (κ1) is 11.9. The van der Waals surface area contributed by atoms with Crippen LogP contribution in [-0.2, 0) is 0 Å². The van der Waals surface area contributed by atoms with Crippen LogP contribution in [0.15, 0.2) is 42.5 Å². The molecule has 0 atom stereocenters. The van der Waals surface area contributed by atoms with Crippen molar-refractivity contribution < 1.29 is 0 Å². The van der Waals surface area contributed by atoms with E-state index in [-0.39, 0.29) is 0 Å². The van der Waals surface area contributed by atoms with E-state index in [9.17, 15) is 0 Å². The Morgan fingerprint density at radius 3 is 2.18 bits per heavy atom. The minimum absolute atomic E-state index is 0.506. The minimum atomic E-state index is 0.506. The maximum atomic E-state index is 5.90. The summed E-state index contributed by atoms with van der Waals surface area (Å²) in [5.41, 5.74) is 8.06. The van der Waals surface area contributed by atoms with Crippen molar-refractivity contribution in [3.05, 3.63) is 63.6 Å². The van der Waals surface area contributed by atoms with E-state index < -0.39 is 0 Å². The van der Waals surface area contributed by atoms with Crippen LogP contribution in [0, 0.1) is 11.8 Å². The second-order valence-electron chi connectivity index (χ2n) is 3.50. The molecular formula is C14H9Cl2N. The third kappa shape index (κ3) is 3.17. The molecule has 84 valence electrons. The monoisotopic (exact) mass is 261 g/mol. The summed E-state index contributed by atoms with van der Waals surface area (Å²) in [4.78, 5) is 0. The van der Waals surface area contributed by atoms with Crippen molar-refractivity contribution >= 4 is 28.9 Å². The van der Waals surface area contributed by atoms with Gasteiger partial charge < -0.3 is 5.73 Å². The predicted molar refractivity (Wildman–Crippen MR) is 73.3 cm³/mol. The fraction of sp³-hybridized carbons (Fsp3) is 0. The molecule has 0 aromatic heterocycles. The Bertz CT molecular complexity index is 609. The zero-order valence-corrected chi connectivity index (χ0v) is 10.4. The molecule has 0 aliphatic heterocycles. The predicted octanol–water partition coefficient (Wildman–Crippen LogP) is 3.98. The maximum absolute atomic E-state index is 5.90. The summed E-state index contributed by atoms with van der Waals surface area (Å²) < 4.78 is 0. The Labute approximate surface area is 110 Å². The van der Waals surface area contributed by atoms with Crippen molar-refractivity contribution in [3.8, 4) is 11.8 Å². The summed E-state index contributed by atoms with van der Waals surface area (Å²) in [5.74, 6) is 6.02. The normalized spacial score (nSPS) is 9.53. The number of hydrogen-bond acceptors (Lipinski definition) is 1. The van der Waals surface area contributed by atoms with Gasteiger partial charge in [-0.1, -0.05) is 41.1 Å². The standard InChI is InChI=1S/C14H9Cl2N/c15-13-7-6-11(9-14(13)16)5-4-10-2-1-3-12(17)8-10/h1-3,6-9H,17H2. The minimum Gasteiger partial charge on any atom is -0.399 e. The average molecular weight is 262 g/mol. The van der Waals surface area contributed by atoms with Gasteiger partial charge >= 0.3 is 0 Å². The van der Waals surface area contributed by atoms with Crippen LogP contribution < -0.4 is 5.73 Å². The molecule has 0 aliphatic carbocycles. The van der Waals surface area contributed by atoms with Crippen LogP contribution in [0.1, 0.15) is 11.1 Å². The molecule has 2 rings (SSSR count). The largest absolute Gasteiger partial charge is 0.399 e. The fourth-order valence-corrected chi connectivity index (χ4v) is 1.63. The molecule has 0 fully saturated rings. The number of nitrogens with two attached hydrogens (primary N) is 1. The highest BCUT2D eigenvalue weighted by molar-refractivity contribution is 6.42. The number of halogens is 2. The number of benzene rings is 2. The van der Waals surface area contributed by atoms with Crippen molar-refractivity contribution in [2.75, 3.05) is 5.73 Å². The number of rotatable bonds is 0. The first-order valence-electron chi connectivity index (χ1n) is 4.98. The number of anilines is 1. The van der Waals surface area contributed by atoms with Gasteiger partial charge in [0.15, 0.2) is 0 Å². The number of nitrogen functional groups attached to an aromatic ring is 1. The van der Waals surface area contributed by atoms with Gasteiger partial charge in [0.2, 0.25) is 0 Å². The molecule has 17 heavy (non-hydrogen) atoms. The Balaban J connectivity index is 2.30. The molecule has 2 aromatic carbocycles. The third-order valence-corrected chi connectivity index (χ3v) is 2.90. The van der Waals surface area contributed by atoms with Gasteiger partial charge in [0, 0.05) is 16.8 Å². The summed E-state index contributed by atoms with van der Waals surface area (Å²) in [6.45, 7) is 0. The van der Waals surface area contributed by atoms with Gasteiger partial charge in [0.05, 0.1) is 10.0 Å². The molecule has 0 radical (unpaired) electrons. The lowest BCUT2D eigenvalue weighted by Gasteiger charge is -1.95. The highest BCUT2D eigenvalue weighted by atomic mass is 35.5. The van der Waals surface area contributed by atoms with Gasteiger partial charge in [0.1, 0.15) is 0 Å². The fourth-order valence-electron chi connectivity index (χ4n) is 1.33. The van der Waals surface area contributed by atoms with Gasteiger partial charge in [-0.25, -0.2) is 0 Å². The summed E-state index contributed by atoms with van der Waals surface area (Å²) in [6, 6.07) is 12.7. The molecule has 2 aromatic rings. The second kappa shape index (κ2) is 5.14.